The van der Waals surface area contributed by atoms with Crippen LogP contribution in [0.1, 0.15) is 6.92 Å². The predicted molar refractivity (Wildman–Crippen MR) is 94.4 cm³/mol. The largest absolute Gasteiger partial charge is 0.392 e. The molecule has 124 valence electrons. The summed E-state index contributed by atoms with van der Waals surface area (Å²) in [5, 5.41) is 10.5. The topological polar surface area (TPSA) is 70.5 Å². The maximum atomic E-state index is 13.1. The van der Waals surface area contributed by atoms with E-state index in [2.05, 4.69) is 4.98 Å². The molecule has 24 heavy (non-hydrogen) atoms. The number of hydrogen-bond acceptors (Lipinski definition) is 4. The van der Waals surface area contributed by atoms with Crippen molar-refractivity contribution >= 4 is 26.6 Å². The van der Waals surface area contributed by atoms with E-state index in [9.17, 15) is 13.5 Å². The van der Waals surface area contributed by atoms with Crippen LogP contribution in [0.25, 0.3) is 10.9 Å². The summed E-state index contributed by atoms with van der Waals surface area (Å²) in [5.41, 5.74) is 1.25. The van der Waals surface area contributed by atoms with Crippen LogP contribution in [0, 0.1) is 0 Å². The first kappa shape index (κ1) is 16.4. The SMILES string of the molecule is CC(O)CN(c1ccccc1)S(=O)(=O)c1ccc2ncccc2c1. The van der Waals surface area contributed by atoms with Crippen molar-refractivity contribution in [2.75, 3.05) is 10.8 Å². The van der Waals surface area contributed by atoms with Gasteiger partial charge in [0.1, 0.15) is 0 Å². The minimum Gasteiger partial charge on any atom is -0.392 e. The number of nitrogens with zero attached hydrogens (tertiary/aromatic N) is 2. The zero-order chi connectivity index (χ0) is 17.2. The number of rotatable bonds is 5. The van der Waals surface area contributed by atoms with Crippen LogP contribution in [-0.2, 0) is 10.0 Å². The van der Waals surface area contributed by atoms with Gasteiger partial charge in [0.2, 0.25) is 0 Å². The molecule has 0 spiro atoms. The van der Waals surface area contributed by atoms with Crippen LogP contribution in [0.15, 0.2) is 71.8 Å². The number of aliphatic hydroxyl groups excluding tert-OH is 1. The number of hydrogen-bond donors (Lipinski definition) is 1. The van der Waals surface area contributed by atoms with Gasteiger partial charge in [-0.2, -0.15) is 0 Å². The van der Waals surface area contributed by atoms with Gasteiger partial charge in [0.25, 0.3) is 10.0 Å². The molecule has 0 bridgehead atoms. The van der Waals surface area contributed by atoms with Crippen molar-refractivity contribution in [2.24, 2.45) is 0 Å². The Kier molecular flexibility index (Phi) is 4.51. The lowest BCUT2D eigenvalue weighted by Gasteiger charge is -2.25. The molecule has 2 aromatic carbocycles. The molecule has 0 aliphatic rings. The Morgan fingerprint density at radius 2 is 1.83 bits per heavy atom. The molecule has 3 rings (SSSR count). The van der Waals surface area contributed by atoms with Gasteiger partial charge in [0, 0.05) is 11.6 Å². The van der Waals surface area contributed by atoms with E-state index in [0.29, 0.717) is 5.69 Å². The van der Waals surface area contributed by atoms with Crippen LogP contribution >= 0.6 is 0 Å². The molecule has 1 unspecified atom stereocenters. The highest BCUT2D eigenvalue weighted by molar-refractivity contribution is 7.92. The summed E-state index contributed by atoms with van der Waals surface area (Å²) >= 11 is 0. The van der Waals surface area contributed by atoms with E-state index in [1.807, 2.05) is 12.1 Å². The zero-order valence-corrected chi connectivity index (χ0v) is 14.0. The first-order valence-corrected chi connectivity index (χ1v) is 9.03. The Bertz CT molecular complexity index is 941. The highest BCUT2D eigenvalue weighted by atomic mass is 32.2. The maximum Gasteiger partial charge on any atom is 0.264 e. The van der Waals surface area contributed by atoms with Crippen LogP contribution in [0.2, 0.25) is 0 Å². The number of sulfonamides is 1. The van der Waals surface area contributed by atoms with Gasteiger partial charge in [0.05, 0.1) is 28.7 Å². The van der Waals surface area contributed by atoms with Crippen molar-refractivity contribution in [1.82, 2.24) is 4.98 Å². The molecule has 0 saturated heterocycles. The molecule has 5 nitrogen and oxygen atoms in total. The second-order valence-corrected chi connectivity index (χ2v) is 7.44. The number of aromatic nitrogens is 1. The maximum absolute atomic E-state index is 13.1. The first-order valence-electron chi connectivity index (χ1n) is 7.59. The summed E-state index contributed by atoms with van der Waals surface area (Å²) in [5.74, 6) is 0. The molecule has 1 atom stereocenters. The summed E-state index contributed by atoms with van der Waals surface area (Å²) in [6.07, 6.45) is 0.877. The molecular formula is C18H18N2O3S. The average molecular weight is 342 g/mol. The van der Waals surface area contributed by atoms with Crippen LogP contribution in [-0.4, -0.2) is 31.2 Å². The van der Waals surface area contributed by atoms with E-state index in [4.69, 9.17) is 0 Å². The van der Waals surface area contributed by atoms with Gasteiger partial charge >= 0.3 is 0 Å². The van der Waals surface area contributed by atoms with E-state index < -0.39 is 16.1 Å². The fourth-order valence-corrected chi connectivity index (χ4v) is 4.10. The lowest BCUT2D eigenvalue weighted by Crippen LogP contribution is -2.36. The van der Waals surface area contributed by atoms with E-state index in [1.54, 1.807) is 61.7 Å². The summed E-state index contributed by atoms with van der Waals surface area (Å²) in [7, 11) is -3.80. The second-order valence-electron chi connectivity index (χ2n) is 5.58. The number of anilines is 1. The van der Waals surface area contributed by atoms with Crippen LogP contribution in [0.4, 0.5) is 5.69 Å². The molecule has 1 aromatic heterocycles. The van der Waals surface area contributed by atoms with E-state index in [-0.39, 0.29) is 11.4 Å². The Morgan fingerprint density at radius 1 is 1.08 bits per heavy atom. The Hall–Kier alpha value is -2.44. The standard InChI is InChI=1S/C18H18N2O3S/c1-14(21)13-20(16-7-3-2-4-8-16)24(22,23)17-9-10-18-15(12-17)6-5-11-19-18/h2-12,14,21H,13H2,1H3. The van der Waals surface area contributed by atoms with Gasteiger partial charge in [0.15, 0.2) is 0 Å². The van der Waals surface area contributed by atoms with Crippen molar-refractivity contribution in [3.63, 3.8) is 0 Å². The fraction of sp³-hybridized carbons (Fsp3) is 0.167. The minimum atomic E-state index is -3.80. The molecule has 0 amide bonds. The average Bonchev–Trinajstić information content (AvgIpc) is 2.59. The molecular weight excluding hydrogens is 324 g/mol. The van der Waals surface area contributed by atoms with E-state index >= 15 is 0 Å². The number of aliphatic hydroxyl groups is 1. The molecule has 0 aliphatic carbocycles. The van der Waals surface area contributed by atoms with E-state index in [0.717, 1.165) is 10.9 Å². The summed E-state index contributed by atoms with van der Waals surface area (Å²) in [4.78, 5) is 4.38. The Labute approximate surface area is 141 Å². The predicted octanol–water partition coefficient (Wildman–Crippen LogP) is 2.81. The number of benzene rings is 2. The van der Waals surface area contributed by atoms with Crippen molar-refractivity contribution in [1.29, 1.82) is 0 Å². The third-order valence-electron chi connectivity index (χ3n) is 3.64. The molecule has 0 saturated carbocycles. The van der Waals surface area contributed by atoms with Gasteiger partial charge in [-0.15, -0.1) is 0 Å². The van der Waals surface area contributed by atoms with Gasteiger partial charge < -0.3 is 5.11 Å². The number of pyridine rings is 1. The fourth-order valence-electron chi connectivity index (χ4n) is 2.52. The first-order chi connectivity index (χ1) is 11.5. The quantitative estimate of drug-likeness (QED) is 0.774. The molecule has 6 heteroatoms. The highest BCUT2D eigenvalue weighted by Crippen LogP contribution is 2.25. The summed E-state index contributed by atoms with van der Waals surface area (Å²) < 4.78 is 27.4. The Balaban J connectivity index is 2.10. The van der Waals surface area contributed by atoms with Gasteiger partial charge in [-0.25, -0.2) is 8.42 Å². The van der Waals surface area contributed by atoms with Gasteiger partial charge in [-0.1, -0.05) is 24.3 Å². The van der Waals surface area contributed by atoms with Crippen molar-refractivity contribution in [3.8, 4) is 0 Å². The normalized spacial score (nSPS) is 12.9. The molecule has 1 heterocycles. The minimum absolute atomic E-state index is 0.0164. The van der Waals surface area contributed by atoms with Crippen molar-refractivity contribution in [2.45, 2.75) is 17.9 Å². The number of fused-ring (bicyclic) bond motifs is 1. The lowest BCUT2D eigenvalue weighted by atomic mass is 10.2. The molecule has 3 aromatic rings. The molecule has 1 N–H and O–H groups in total. The monoisotopic (exact) mass is 342 g/mol. The van der Waals surface area contributed by atoms with Crippen LogP contribution in [0.5, 0.6) is 0 Å². The molecule has 0 fully saturated rings. The molecule has 0 aliphatic heterocycles. The smallest absolute Gasteiger partial charge is 0.264 e. The second kappa shape index (κ2) is 6.59. The summed E-state index contributed by atoms with van der Waals surface area (Å²) in [6, 6.07) is 17.2. The van der Waals surface area contributed by atoms with Crippen molar-refractivity contribution in [3.05, 3.63) is 66.9 Å². The van der Waals surface area contributed by atoms with Crippen LogP contribution in [0.3, 0.4) is 0 Å². The molecule has 0 radical (unpaired) electrons. The third-order valence-corrected chi connectivity index (χ3v) is 5.43. The van der Waals surface area contributed by atoms with Gasteiger partial charge in [-0.05, 0) is 43.3 Å². The lowest BCUT2D eigenvalue weighted by molar-refractivity contribution is 0.204. The van der Waals surface area contributed by atoms with E-state index in [1.165, 1.54) is 4.31 Å². The Morgan fingerprint density at radius 3 is 2.54 bits per heavy atom. The number of para-hydroxylation sites is 1. The highest BCUT2D eigenvalue weighted by Gasteiger charge is 2.26. The zero-order valence-electron chi connectivity index (χ0n) is 13.2. The van der Waals surface area contributed by atoms with Gasteiger partial charge in [-0.3, -0.25) is 9.29 Å². The van der Waals surface area contributed by atoms with Crippen molar-refractivity contribution < 1.29 is 13.5 Å². The third kappa shape index (κ3) is 3.25. The summed E-state index contributed by atoms with van der Waals surface area (Å²) in [6.45, 7) is 1.55. The van der Waals surface area contributed by atoms with Crippen LogP contribution < -0.4 is 4.31 Å².